The fraction of sp³-hybridized carbons (Fsp3) is 0.333. The van der Waals surface area contributed by atoms with E-state index in [0.29, 0.717) is 12.2 Å². The molecule has 1 aromatic carbocycles. The van der Waals surface area contributed by atoms with E-state index in [0.717, 1.165) is 23.7 Å². The third kappa shape index (κ3) is 2.27. The number of hydrogen-bond acceptors (Lipinski definition) is 2. The summed E-state index contributed by atoms with van der Waals surface area (Å²) in [5, 5.41) is 9.90. The molecule has 3 rings (SSSR count). The predicted molar refractivity (Wildman–Crippen MR) is 74.6 cm³/mol. The van der Waals surface area contributed by atoms with E-state index in [1.165, 1.54) is 0 Å². The number of benzene rings is 1. The summed E-state index contributed by atoms with van der Waals surface area (Å²) in [4.78, 5) is 28.2. The second-order valence-electron chi connectivity index (χ2n) is 5.16. The van der Waals surface area contributed by atoms with Gasteiger partial charge in [0.1, 0.15) is 5.69 Å². The third-order valence-corrected chi connectivity index (χ3v) is 3.81. The Hall–Kier alpha value is -2.30. The summed E-state index contributed by atoms with van der Waals surface area (Å²) in [6.07, 6.45) is 1.65. The van der Waals surface area contributed by atoms with Crippen LogP contribution in [0.15, 0.2) is 30.3 Å². The summed E-state index contributed by atoms with van der Waals surface area (Å²) in [6, 6.07) is 9.34. The van der Waals surface area contributed by atoms with Crippen LogP contribution in [0.2, 0.25) is 0 Å². The van der Waals surface area contributed by atoms with Gasteiger partial charge in [-0.05, 0) is 25.0 Å². The average molecular weight is 272 g/mol. The first-order valence-corrected chi connectivity index (χ1v) is 6.75. The van der Waals surface area contributed by atoms with Crippen LogP contribution in [0.5, 0.6) is 0 Å². The van der Waals surface area contributed by atoms with Crippen molar-refractivity contribution in [3.8, 4) is 0 Å². The number of aromatic nitrogens is 1. The zero-order chi connectivity index (χ0) is 14.1. The number of aromatic amines is 1. The van der Waals surface area contributed by atoms with E-state index in [2.05, 4.69) is 4.98 Å². The second kappa shape index (κ2) is 5.00. The van der Waals surface area contributed by atoms with Crippen molar-refractivity contribution in [2.45, 2.75) is 25.3 Å². The Kier molecular flexibility index (Phi) is 3.18. The van der Waals surface area contributed by atoms with E-state index < -0.39 is 5.97 Å². The van der Waals surface area contributed by atoms with Crippen LogP contribution in [0.4, 0.5) is 0 Å². The number of nitrogens with zero attached hydrogens (tertiary/aromatic N) is 1. The fourth-order valence-electron chi connectivity index (χ4n) is 2.86. The van der Waals surface area contributed by atoms with Gasteiger partial charge in [-0.25, -0.2) is 0 Å². The van der Waals surface area contributed by atoms with Crippen LogP contribution in [0.25, 0.3) is 10.9 Å². The molecule has 2 heterocycles. The predicted octanol–water partition coefficient (Wildman–Crippen LogP) is 2.25. The standard InChI is InChI=1S/C15H16N2O3/c18-14(19)9-11-5-3-7-17(11)15(20)13-8-10-4-1-2-6-12(10)16-13/h1-2,4,6,8,11,16H,3,5,7,9H2,(H,18,19). The molecule has 20 heavy (non-hydrogen) atoms. The van der Waals surface area contributed by atoms with Crippen molar-refractivity contribution in [3.63, 3.8) is 0 Å². The van der Waals surface area contributed by atoms with Crippen molar-refractivity contribution in [2.24, 2.45) is 0 Å². The number of hydrogen-bond donors (Lipinski definition) is 2. The molecule has 1 aliphatic rings. The number of carbonyl (C=O) groups excluding carboxylic acids is 1. The molecule has 0 radical (unpaired) electrons. The zero-order valence-electron chi connectivity index (χ0n) is 11.0. The molecular formula is C15H16N2O3. The molecule has 0 aliphatic carbocycles. The number of amides is 1. The third-order valence-electron chi connectivity index (χ3n) is 3.81. The number of likely N-dealkylation sites (tertiary alicyclic amines) is 1. The van der Waals surface area contributed by atoms with Gasteiger partial charge in [0, 0.05) is 23.5 Å². The normalized spacial score (nSPS) is 18.6. The van der Waals surface area contributed by atoms with Crippen molar-refractivity contribution in [1.82, 2.24) is 9.88 Å². The lowest BCUT2D eigenvalue weighted by Crippen LogP contribution is -2.37. The monoisotopic (exact) mass is 272 g/mol. The highest BCUT2D eigenvalue weighted by molar-refractivity contribution is 5.98. The first-order chi connectivity index (χ1) is 9.65. The Morgan fingerprint density at radius 1 is 1.35 bits per heavy atom. The largest absolute Gasteiger partial charge is 0.481 e. The molecule has 1 amide bonds. The number of fused-ring (bicyclic) bond motifs is 1. The molecule has 0 bridgehead atoms. The van der Waals surface area contributed by atoms with E-state index in [4.69, 9.17) is 5.11 Å². The van der Waals surface area contributed by atoms with E-state index in [9.17, 15) is 9.59 Å². The zero-order valence-corrected chi connectivity index (χ0v) is 11.0. The molecule has 104 valence electrons. The van der Waals surface area contributed by atoms with Crippen LogP contribution in [-0.2, 0) is 4.79 Å². The Bertz CT molecular complexity index is 629. The number of rotatable bonds is 3. The van der Waals surface area contributed by atoms with Crippen molar-refractivity contribution >= 4 is 22.8 Å². The van der Waals surface area contributed by atoms with Gasteiger partial charge in [-0.3, -0.25) is 9.59 Å². The summed E-state index contributed by atoms with van der Waals surface area (Å²) in [5.74, 6) is -0.962. The Morgan fingerprint density at radius 3 is 2.90 bits per heavy atom. The average Bonchev–Trinajstić information content (AvgIpc) is 3.03. The smallest absolute Gasteiger partial charge is 0.305 e. The van der Waals surface area contributed by atoms with Gasteiger partial charge >= 0.3 is 5.97 Å². The number of para-hydroxylation sites is 1. The quantitative estimate of drug-likeness (QED) is 0.900. The Morgan fingerprint density at radius 2 is 2.15 bits per heavy atom. The number of H-pyrrole nitrogens is 1. The minimum atomic E-state index is -0.855. The Labute approximate surface area is 116 Å². The number of carbonyl (C=O) groups is 2. The highest BCUT2D eigenvalue weighted by atomic mass is 16.4. The molecule has 5 nitrogen and oxygen atoms in total. The van der Waals surface area contributed by atoms with Gasteiger partial charge in [0.15, 0.2) is 0 Å². The van der Waals surface area contributed by atoms with Gasteiger partial charge in [0.25, 0.3) is 5.91 Å². The lowest BCUT2D eigenvalue weighted by molar-refractivity contribution is -0.137. The highest BCUT2D eigenvalue weighted by Gasteiger charge is 2.31. The number of nitrogens with one attached hydrogen (secondary N) is 1. The summed E-state index contributed by atoms with van der Waals surface area (Å²) >= 11 is 0. The fourth-order valence-corrected chi connectivity index (χ4v) is 2.86. The van der Waals surface area contributed by atoms with Crippen molar-refractivity contribution in [1.29, 1.82) is 0 Å². The van der Waals surface area contributed by atoms with E-state index in [-0.39, 0.29) is 18.4 Å². The minimum Gasteiger partial charge on any atom is -0.481 e. The van der Waals surface area contributed by atoms with Gasteiger partial charge in [-0.15, -0.1) is 0 Å². The van der Waals surface area contributed by atoms with Gasteiger partial charge in [0.05, 0.1) is 6.42 Å². The topological polar surface area (TPSA) is 73.4 Å². The summed E-state index contributed by atoms with van der Waals surface area (Å²) < 4.78 is 0. The molecule has 1 aliphatic heterocycles. The summed E-state index contributed by atoms with van der Waals surface area (Å²) in [6.45, 7) is 0.631. The van der Waals surface area contributed by atoms with Crippen LogP contribution in [-0.4, -0.2) is 39.5 Å². The molecule has 5 heteroatoms. The van der Waals surface area contributed by atoms with Gasteiger partial charge in [0.2, 0.25) is 0 Å². The van der Waals surface area contributed by atoms with Crippen LogP contribution in [0.3, 0.4) is 0 Å². The maximum atomic E-state index is 12.5. The van der Waals surface area contributed by atoms with Gasteiger partial charge in [-0.1, -0.05) is 18.2 Å². The first-order valence-electron chi connectivity index (χ1n) is 6.75. The van der Waals surface area contributed by atoms with Gasteiger partial charge < -0.3 is 15.0 Å². The van der Waals surface area contributed by atoms with Crippen LogP contribution < -0.4 is 0 Å². The summed E-state index contributed by atoms with van der Waals surface area (Å²) in [7, 11) is 0. The molecule has 0 saturated carbocycles. The van der Waals surface area contributed by atoms with E-state index in [1.807, 2.05) is 30.3 Å². The maximum Gasteiger partial charge on any atom is 0.305 e. The van der Waals surface area contributed by atoms with Crippen LogP contribution in [0, 0.1) is 0 Å². The minimum absolute atomic E-state index is 0.0198. The molecule has 2 N–H and O–H groups in total. The highest BCUT2D eigenvalue weighted by Crippen LogP contribution is 2.24. The van der Waals surface area contributed by atoms with Crippen molar-refractivity contribution < 1.29 is 14.7 Å². The lowest BCUT2D eigenvalue weighted by Gasteiger charge is -2.22. The lowest BCUT2D eigenvalue weighted by atomic mass is 10.1. The van der Waals surface area contributed by atoms with Crippen molar-refractivity contribution in [3.05, 3.63) is 36.0 Å². The molecule has 1 saturated heterocycles. The summed E-state index contributed by atoms with van der Waals surface area (Å²) in [5.41, 5.74) is 1.45. The van der Waals surface area contributed by atoms with Gasteiger partial charge in [-0.2, -0.15) is 0 Å². The SMILES string of the molecule is O=C(O)CC1CCCN1C(=O)c1cc2ccccc2[nH]1. The number of carboxylic acid groups (broad SMARTS) is 1. The molecule has 1 unspecified atom stereocenters. The molecule has 1 aromatic heterocycles. The molecule has 0 spiro atoms. The number of carboxylic acids is 1. The van der Waals surface area contributed by atoms with Crippen molar-refractivity contribution in [2.75, 3.05) is 6.54 Å². The second-order valence-corrected chi connectivity index (χ2v) is 5.16. The van der Waals surface area contributed by atoms with E-state index >= 15 is 0 Å². The van der Waals surface area contributed by atoms with E-state index in [1.54, 1.807) is 4.90 Å². The molecule has 2 aromatic rings. The molecule has 1 fully saturated rings. The molecule has 1 atom stereocenters. The Balaban J connectivity index is 1.85. The first kappa shape index (κ1) is 12.7. The van der Waals surface area contributed by atoms with Crippen LogP contribution >= 0.6 is 0 Å². The molecular weight excluding hydrogens is 256 g/mol. The van der Waals surface area contributed by atoms with Crippen LogP contribution in [0.1, 0.15) is 29.8 Å². The maximum absolute atomic E-state index is 12.5. The number of aliphatic carboxylic acids is 1.